The number of carbonyl (C=O) groups excluding carboxylic acids is 2. The van der Waals surface area contributed by atoms with Crippen LogP contribution < -0.4 is 0 Å². The van der Waals surface area contributed by atoms with Gasteiger partial charge in [-0.2, -0.15) is 0 Å². The summed E-state index contributed by atoms with van der Waals surface area (Å²) in [7, 11) is 0. The Bertz CT molecular complexity index is 549. The van der Waals surface area contributed by atoms with Gasteiger partial charge in [0.15, 0.2) is 0 Å². The average molecular weight is 318 g/mol. The van der Waals surface area contributed by atoms with E-state index < -0.39 is 0 Å². The van der Waals surface area contributed by atoms with Gasteiger partial charge >= 0.3 is 0 Å². The van der Waals surface area contributed by atoms with E-state index in [4.69, 9.17) is 0 Å². The Kier molecular flexibility index (Phi) is 4.71. The zero-order valence-corrected chi connectivity index (χ0v) is 13.7. The van der Waals surface area contributed by atoms with Gasteiger partial charge in [-0.15, -0.1) is 11.8 Å². The predicted molar refractivity (Wildman–Crippen MR) is 88.7 cm³/mol. The quantitative estimate of drug-likeness (QED) is 0.841. The Labute approximate surface area is 135 Å². The molecule has 1 aromatic carbocycles. The first-order chi connectivity index (χ1) is 10.7. The highest BCUT2D eigenvalue weighted by molar-refractivity contribution is 7.99. The minimum atomic E-state index is -0.303. The van der Waals surface area contributed by atoms with Crippen molar-refractivity contribution in [2.45, 2.75) is 25.8 Å². The Morgan fingerprint density at radius 2 is 2.00 bits per heavy atom. The van der Waals surface area contributed by atoms with E-state index in [-0.39, 0.29) is 17.9 Å². The molecule has 0 saturated carbocycles. The van der Waals surface area contributed by atoms with Gasteiger partial charge in [-0.25, -0.2) is 0 Å². The van der Waals surface area contributed by atoms with Crippen molar-refractivity contribution in [3.8, 4) is 0 Å². The lowest BCUT2D eigenvalue weighted by molar-refractivity contribution is -0.136. The molecule has 0 N–H and O–H groups in total. The molecule has 2 atom stereocenters. The first-order valence-corrected chi connectivity index (χ1v) is 9.05. The van der Waals surface area contributed by atoms with E-state index >= 15 is 0 Å². The summed E-state index contributed by atoms with van der Waals surface area (Å²) >= 11 is 1.66. The number of rotatable bonds is 2. The summed E-state index contributed by atoms with van der Waals surface area (Å²) in [5, 5.41) is 0. The predicted octanol–water partition coefficient (Wildman–Crippen LogP) is 2.46. The van der Waals surface area contributed by atoms with E-state index in [9.17, 15) is 9.59 Å². The van der Waals surface area contributed by atoms with Gasteiger partial charge in [0.05, 0.1) is 5.88 Å². The molecule has 2 amide bonds. The second kappa shape index (κ2) is 6.73. The number of piperidine rings is 1. The molecule has 0 aliphatic carbocycles. The van der Waals surface area contributed by atoms with Crippen molar-refractivity contribution in [3.05, 3.63) is 35.9 Å². The lowest BCUT2D eigenvalue weighted by Gasteiger charge is -2.34. The summed E-state index contributed by atoms with van der Waals surface area (Å²) < 4.78 is 0. The first kappa shape index (κ1) is 15.4. The van der Waals surface area contributed by atoms with Gasteiger partial charge in [0, 0.05) is 24.4 Å². The summed E-state index contributed by atoms with van der Waals surface area (Å²) in [5.41, 5.74) is 0.662. The fourth-order valence-corrected chi connectivity index (χ4v) is 4.34. The molecule has 118 valence electrons. The average Bonchev–Trinajstić information content (AvgIpc) is 3.04. The van der Waals surface area contributed by atoms with Gasteiger partial charge in [0.1, 0.15) is 6.04 Å². The van der Waals surface area contributed by atoms with Gasteiger partial charge in [-0.1, -0.05) is 25.1 Å². The van der Waals surface area contributed by atoms with Crippen molar-refractivity contribution >= 4 is 23.6 Å². The molecule has 0 spiro atoms. The van der Waals surface area contributed by atoms with Gasteiger partial charge in [-0.3, -0.25) is 9.59 Å². The third-order valence-electron chi connectivity index (χ3n) is 4.42. The summed E-state index contributed by atoms with van der Waals surface area (Å²) in [4.78, 5) is 29.2. The molecule has 5 heteroatoms. The molecule has 0 radical (unpaired) electrons. The molecule has 0 aromatic heterocycles. The zero-order chi connectivity index (χ0) is 15.5. The van der Waals surface area contributed by atoms with Crippen LogP contribution in [0.2, 0.25) is 0 Å². The fraction of sp³-hybridized carbons (Fsp3) is 0.529. The number of amides is 2. The molecule has 2 saturated heterocycles. The maximum absolute atomic E-state index is 12.8. The van der Waals surface area contributed by atoms with Crippen molar-refractivity contribution in [1.29, 1.82) is 0 Å². The van der Waals surface area contributed by atoms with Crippen LogP contribution in [0, 0.1) is 5.92 Å². The Morgan fingerprint density at radius 3 is 2.73 bits per heavy atom. The van der Waals surface area contributed by atoms with Crippen LogP contribution in [0.15, 0.2) is 30.3 Å². The largest absolute Gasteiger partial charge is 0.341 e. The monoisotopic (exact) mass is 318 g/mol. The number of carbonyl (C=O) groups is 2. The second-order valence-electron chi connectivity index (χ2n) is 6.19. The minimum Gasteiger partial charge on any atom is -0.341 e. The molecular weight excluding hydrogens is 296 g/mol. The molecular formula is C17H22N2O2S. The topological polar surface area (TPSA) is 40.6 Å². The van der Waals surface area contributed by atoms with Crippen LogP contribution >= 0.6 is 11.8 Å². The molecule has 3 rings (SSSR count). The highest BCUT2D eigenvalue weighted by atomic mass is 32.2. The van der Waals surface area contributed by atoms with Gasteiger partial charge in [0.25, 0.3) is 5.91 Å². The Balaban J connectivity index is 1.72. The molecule has 2 fully saturated rings. The Hall–Kier alpha value is -1.49. The standard InChI is InChI=1S/C17H22N2O2S/c1-13-6-5-9-18(10-13)17(21)15-11-22-12-19(15)16(20)14-7-3-2-4-8-14/h2-4,7-8,13,15H,5-6,9-12H2,1H3. The van der Waals surface area contributed by atoms with Crippen LogP contribution in [-0.4, -0.2) is 52.4 Å². The molecule has 22 heavy (non-hydrogen) atoms. The Morgan fingerprint density at radius 1 is 1.23 bits per heavy atom. The summed E-state index contributed by atoms with van der Waals surface area (Å²) in [6.45, 7) is 3.85. The lowest BCUT2D eigenvalue weighted by Crippen LogP contribution is -2.51. The van der Waals surface area contributed by atoms with Gasteiger partial charge in [-0.05, 0) is 30.9 Å². The number of thioether (sulfide) groups is 1. The van der Waals surface area contributed by atoms with Crippen LogP contribution in [-0.2, 0) is 4.79 Å². The highest BCUT2D eigenvalue weighted by Gasteiger charge is 2.38. The van der Waals surface area contributed by atoms with E-state index in [0.29, 0.717) is 23.1 Å². The van der Waals surface area contributed by atoms with E-state index in [1.165, 1.54) is 6.42 Å². The maximum Gasteiger partial charge on any atom is 0.255 e. The lowest BCUT2D eigenvalue weighted by atomic mass is 9.99. The number of nitrogens with zero attached hydrogens (tertiary/aromatic N) is 2. The van der Waals surface area contributed by atoms with Crippen LogP contribution in [0.25, 0.3) is 0 Å². The van der Waals surface area contributed by atoms with Crippen molar-refractivity contribution in [1.82, 2.24) is 9.80 Å². The second-order valence-corrected chi connectivity index (χ2v) is 7.19. The van der Waals surface area contributed by atoms with E-state index in [2.05, 4.69) is 6.92 Å². The first-order valence-electron chi connectivity index (χ1n) is 7.89. The fourth-order valence-electron chi connectivity index (χ4n) is 3.19. The van der Waals surface area contributed by atoms with Crippen molar-refractivity contribution in [2.24, 2.45) is 5.92 Å². The number of hydrogen-bond donors (Lipinski definition) is 0. The minimum absolute atomic E-state index is 0.0333. The third kappa shape index (κ3) is 3.14. The van der Waals surface area contributed by atoms with E-state index in [1.807, 2.05) is 35.2 Å². The smallest absolute Gasteiger partial charge is 0.255 e. The molecule has 2 aliphatic heterocycles. The molecule has 2 aliphatic rings. The molecule has 2 unspecified atom stereocenters. The number of likely N-dealkylation sites (tertiary alicyclic amines) is 1. The van der Waals surface area contributed by atoms with Gasteiger partial charge in [0.2, 0.25) is 5.91 Å². The molecule has 4 nitrogen and oxygen atoms in total. The summed E-state index contributed by atoms with van der Waals surface area (Å²) in [5.74, 6) is 1.97. The summed E-state index contributed by atoms with van der Waals surface area (Å²) in [6, 6.07) is 8.95. The maximum atomic E-state index is 12.8. The van der Waals surface area contributed by atoms with Crippen LogP contribution in [0.1, 0.15) is 30.1 Å². The number of hydrogen-bond acceptors (Lipinski definition) is 3. The third-order valence-corrected chi connectivity index (χ3v) is 5.43. The molecule has 2 heterocycles. The summed E-state index contributed by atoms with van der Waals surface area (Å²) in [6.07, 6.45) is 2.26. The van der Waals surface area contributed by atoms with Crippen LogP contribution in [0.3, 0.4) is 0 Å². The molecule has 0 bridgehead atoms. The van der Waals surface area contributed by atoms with Crippen LogP contribution in [0.4, 0.5) is 0 Å². The van der Waals surface area contributed by atoms with Gasteiger partial charge < -0.3 is 9.80 Å². The van der Waals surface area contributed by atoms with Crippen LogP contribution in [0.5, 0.6) is 0 Å². The van der Waals surface area contributed by atoms with E-state index in [1.54, 1.807) is 16.7 Å². The SMILES string of the molecule is CC1CCCN(C(=O)C2CSCN2C(=O)c2ccccc2)C1. The van der Waals surface area contributed by atoms with Crippen molar-refractivity contribution in [3.63, 3.8) is 0 Å². The zero-order valence-electron chi connectivity index (χ0n) is 12.9. The van der Waals surface area contributed by atoms with E-state index in [0.717, 1.165) is 19.5 Å². The number of benzene rings is 1. The molecule has 1 aromatic rings. The highest BCUT2D eigenvalue weighted by Crippen LogP contribution is 2.26. The van der Waals surface area contributed by atoms with Crippen molar-refractivity contribution < 1.29 is 9.59 Å². The van der Waals surface area contributed by atoms with Crippen molar-refractivity contribution in [2.75, 3.05) is 24.7 Å². The normalized spacial score (nSPS) is 25.3.